The van der Waals surface area contributed by atoms with Crippen LogP contribution in [0.5, 0.6) is 0 Å². The first-order valence-corrected chi connectivity index (χ1v) is 6.81. The number of imidazole rings is 1. The molecule has 0 fully saturated rings. The molecule has 0 aromatic carbocycles. The van der Waals surface area contributed by atoms with Crippen molar-refractivity contribution in [1.82, 2.24) is 34.3 Å². The van der Waals surface area contributed by atoms with Crippen LogP contribution in [-0.2, 0) is 6.54 Å². The van der Waals surface area contributed by atoms with Gasteiger partial charge in [0.25, 0.3) is 0 Å². The van der Waals surface area contributed by atoms with Gasteiger partial charge in [-0.05, 0) is 13.8 Å². The highest BCUT2D eigenvalue weighted by Crippen LogP contribution is 2.16. The molecule has 1 N–H and O–H groups in total. The monoisotopic (exact) mass is 284 g/mol. The first-order chi connectivity index (χ1) is 10.3. The van der Waals surface area contributed by atoms with E-state index in [1.807, 2.05) is 24.7 Å². The Kier molecular flexibility index (Phi) is 3.59. The van der Waals surface area contributed by atoms with Gasteiger partial charge in [0.05, 0.1) is 11.8 Å². The molecular formula is C13H16N8. The van der Waals surface area contributed by atoms with E-state index in [1.165, 1.54) is 0 Å². The van der Waals surface area contributed by atoms with Gasteiger partial charge in [0.2, 0.25) is 11.9 Å². The van der Waals surface area contributed by atoms with Crippen LogP contribution in [0.1, 0.15) is 13.8 Å². The second-order valence-electron chi connectivity index (χ2n) is 4.37. The summed E-state index contributed by atoms with van der Waals surface area (Å²) in [6.45, 7) is 5.57. The van der Waals surface area contributed by atoms with Gasteiger partial charge in [0.15, 0.2) is 5.82 Å². The van der Waals surface area contributed by atoms with Crippen LogP contribution in [0.25, 0.3) is 17.3 Å². The summed E-state index contributed by atoms with van der Waals surface area (Å²) in [5, 5.41) is 7.37. The number of aromatic nitrogens is 7. The van der Waals surface area contributed by atoms with Crippen molar-refractivity contribution in [2.24, 2.45) is 0 Å². The molecule has 0 aliphatic heterocycles. The van der Waals surface area contributed by atoms with E-state index < -0.39 is 0 Å². The van der Waals surface area contributed by atoms with Crippen molar-refractivity contribution in [2.75, 3.05) is 11.9 Å². The number of nitrogens with one attached hydrogen (secondary N) is 1. The molecule has 108 valence electrons. The van der Waals surface area contributed by atoms with Gasteiger partial charge in [-0.25, -0.2) is 4.98 Å². The molecule has 0 saturated carbocycles. The van der Waals surface area contributed by atoms with Crippen molar-refractivity contribution < 1.29 is 0 Å². The fraction of sp³-hybridized carbons (Fsp3) is 0.308. The third-order valence-electron chi connectivity index (χ3n) is 2.91. The van der Waals surface area contributed by atoms with Crippen LogP contribution in [0.4, 0.5) is 5.95 Å². The maximum atomic E-state index is 4.48. The smallest absolute Gasteiger partial charge is 0.240 e. The molecule has 3 heterocycles. The largest absolute Gasteiger partial charge is 0.354 e. The van der Waals surface area contributed by atoms with E-state index in [0.717, 1.165) is 18.7 Å². The van der Waals surface area contributed by atoms with Gasteiger partial charge in [-0.1, -0.05) is 0 Å². The fourth-order valence-electron chi connectivity index (χ4n) is 1.88. The van der Waals surface area contributed by atoms with Crippen molar-refractivity contribution in [3.05, 3.63) is 31.1 Å². The number of aryl methyl sites for hydroxylation is 1. The number of anilines is 1. The molecular weight excluding hydrogens is 268 g/mol. The lowest BCUT2D eigenvalue weighted by Gasteiger charge is -2.07. The molecule has 0 atom stereocenters. The first kappa shape index (κ1) is 13.2. The molecule has 0 aliphatic carbocycles. The predicted molar refractivity (Wildman–Crippen MR) is 78.0 cm³/mol. The zero-order valence-electron chi connectivity index (χ0n) is 11.9. The summed E-state index contributed by atoms with van der Waals surface area (Å²) in [4.78, 5) is 17.3. The van der Waals surface area contributed by atoms with E-state index in [2.05, 4.69) is 30.4 Å². The fourth-order valence-corrected chi connectivity index (χ4v) is 1.88. The Balaban J connectivity index is 2.06. The lowest BCUT2D eigenvalue weighted by atomic mass is 10.3. The highest BCUT2D eigenvalue weighted by molar-refractivity contribution is 5.54. The summed E-state index contributed by atoms with van der Waals surface area (Å²) in [6.07, 6.45) is 8.81. The van der Waals surface area contributed by atoms with Crippen LogP contribution < -0.4 is 5.32 Å². The third kappa shape index (κ3) is 2.73. The minimum Gasteiger partial charge on any atom is -0.354 e. The topological polar surface area (TPSA) is 86.3 Å². The maximum absolute atomic E-state index is 4.48. The minimum atomic E-state index is 0.526. The molecule has 3 rings (SSSR count). The molecule has 0 saturated heterocycles. The van der Waals surface area contributed by atoms with Gasteiger partial charge in [-0.15, -0.1) is 0 Å². The highest BCUT2D eigenvalue weighted by Gasteiger charge is 2.11. The van der Waals surface area contributed by atoms with Gasteiger partial charge < -0.3 is 5.32 Å². The molecule has 0 radical (unpaired) electrons. The van der Waals surface area contributed by atoms with Crippen LogP contribution in [0.15, 0.2) is 31.1 Å². The van der Waals surface area contributed by atoms with Crippen molar-refractivity contribution in [1.29, 1.82) is 0 Å². The van der Waals surface area contributed by atoms with Crippen LogP contribution >= 0.6 is 0 Å². The molecule has 8 nitrogen and oxygen atoms in total. The average Bonchev–Trinajstić information content (AvgIpc) is 3.19. The van der Waals surface area contributed by atoms with E-state index in [1.54, 1.807) is 29.5 Å². The van der Waals surface area contributed by atoms with E-state index >= 15 is 0 Å². The quantitative estimate of drug-likeness (QED) is 0.761. The average molecular weight is 284 g/mol. The van der Waals surface area contributed by atoms with E-state index in [-0.39, 0.29) is 0 Å². The van der Waals surface area contributed by atoms with Crippen LogP contribution in [0, 0.1) is 0 Å². The number of hydrogen-bond acceptors (Lipinski definition) is 6. The summed E-state index contributed by atoms with van der Waals surface area (Å²) in [7, 11) is 0. The van der Waals surface area contributed by atoms with Crippen molar-refractivity contribution >= 4 is 5.95 Å². The molecule has 0 spiro atoms. The van der Waals surface area contributed by atoms with Crippen LogP contribution in [0.3, 0.4) is 0 Å². The lowest BCUT2D eigenvalue weighted by Crippen LogP contribution is -2.08. The van der Waals surface area contributed by atoms with Crippen molar-refractivity contribution in [3.63, 3.8) is 0 Å². The molecule has 3 aromatic rings. The van der Waals surface area contributed by atoms with Gasteiger partial charge in [-0.2, -0.15) is 20.1 Å². The molecule has 0 unspecified atom stereocenters. The Hall–Kier alpha value is -2.77. The molecule has 0 bridgehead atoms. The van der Waals surface area contributed by atoms with Crippen LogP contribution in [-0.4, -0.2) is 40.8 Å². The van der Waals surface area contributed by atoms with E-state index in [0.29, 0.717) is 17.7 Å². The van der Waals surface area contributed by atoms with Crippen molar-refractivity contribution in [2.45, 2.75) is 20.4 Å². The Morgan fingerprint density at radius 1 is 1.19 bits per heavy atom. The second-order valence-corrected chi connectivity index (χ2v) is 4.37. The van der Waals surface area contributed by atoms with E-state index in [4.69, 9.17) is 0 Å². The summed E-state index contributed by atoms with van der Waals surface area (Å²) in [6, 6.07) is 0. The normalized spacial score (nSPS) is 10.8. The van der Waals surface area contributed by atoms with Gasteiger partial charge >= 0.3 is 0 Å². The number of nitrogens with zero attached hydrogens (tertiary/aromatic N) is 7. The second kappa shape index (κ2) is 5.70. The van der Waals surface area contributed by atoms with Gasteiger partial charge in [0, 0.05) is 31.7 Å². The number of hydrogen-bond donors (Lipinski definition) is 1. The molecule has 0 aliphatic rings. The van der Waals surface area contributed by atoms with Gasteiger partial charge in [0.1, 0.15) is 6.33 Å². The zero-order chi connectivity index (χ0) is 14.7. The van der Waals surface area contributed by atoms with Crippen molar-refractivity contribution in [3.8, 4) is 17.3 Å². The predicted octanol–water partition coefficient (Wildman–Crippen LogP) is 1.37. The highest BCUT2D eigenvalue weighted by atomic mass is 15.3. The summed E-state index contributed by atoms with van der Waals surface area (Å²) >= 11 is 0. The Morgan fingerprint density at radius 3 is 2.76 bits per heavy atom. The molecule has 8 heteroatoms. The molecule has 0 amide bonds. The minimum absolute atomic E-state index is 0.526. The zero-order valence-corrected chi connectivity index (χ0v) is 11.9. The van der Waals surface area contributed by atoms with Crippen LogP contribution in [0.2, 0.25) is 0 Å². The van der Waals surface area contributed by atoms with Gasteiger partial charge in [-0.3, -0.25) is 9.25 Å². The summed E-state index contributed by atoms with van der Waals surface area (Å²) < 4.78 is 3.58. The Bertz CT molecular complexity index is 716. The summed E-state index contributed by atoms with van der Waals surface area (Å²) in [5.74, 6) is 1.65. The Labute approximate surface area is 121 Å². The lowest BCUT2D eigenvalue weighted by molar-refractivity contribution is 0.660. The third-order valence-corrected chi connectivity index (χ3v) is 2.91. The number of rotatable bonds is 5. The Morgan fingerprint density at radius 2 is 2.10 bits per heavy atom. The standard InChI is InChI=1S/C13H16N8/c1-3-15-12-17-11(10-7-16-21(4-2)8-10)18-13(19-12)20-6-5-14-9-20/h5-9H,3-4H2,1-2H3,(H,15,17,18,19). The first-order valence-electron chi connectivity index (χ1n) is 6.81. The molecule has 3 aromatic heterocycles. The maximum Gasteiger partial charge on any atom is 0.240 e. The summed E-state index contributed by atoms with van der Waals surface area (Å²) in [5.41, 5.74) is 0.861. The molecule has 21 heavy (non-hydrogen) atoms. The SMILES string of the molecule is CCNc1nc(-c2cnn(CC)c2)nc(-n2ccnc2)n1. The van der Waals surface area contributed by atoms with E-state index in [9.17, 15) is 0 Å².